The van der Waals surface area contributed by atoms with E-state index < -0.39 is 0 Å². The largest absolute Gasteiger partial charge is 0.378 e. The van der Waals surface area contributed by atoms with Gasteiger partial charge in [0.05, 0.1) is 12.7 Å². The van der Waals surface area contributed by atoms with Crippen LogP contribution < -0.4 is 5.73 Å². The molecule has 0 radical (unpaired) electrons. The summed E-state index contributed by atoms with van der Waals surface area (Å²) in [7, 11) is 0. The lowest BCUT2D eigenvalue weighted by Gasteiger charge is -2.15. The molecule has 1 aromatic heterocycles. The van der Waals surface area contributed by atoms with Crippen LogP contribution in [0.2, 0.25) is 4.34 Å². The van der Waals surface area contributed by atoms with Gasteiger partial charge in [-0.25, -0.2) is 0 Å². The minimum atomic E-state index is 0.0451. The van der Waals surface area contributed by atoms with Crippen LogP contribution in [0.5, 0.6) is 0 Å². The van der Waals surface area contributed by atoms with Crippen molar-refractivity contribution >= 4 is 38.9 Å². The summed E-state index contributed by atoms with van der Waals surface area (Å²) in [4.78, 5) is 1.13. The molecular weight excluding hydrogens is 298 g/mol. The van der Waals surface area contributed by atoms with Crippen molar-refractivity contribution in [2.45, 2.75) is 25.5 Å². The maximum atomic E-state index is 6.20. The first-order chi connectivity index (χ1) is 7.08. The van der Waals surface area contributed by atoms with Crippen LogP contribution >= 0.6 is 38.9 Å². The molecule has 1 aromatic rings. The van der Waals surface area contributed by atoms with Crippen LogP contribution in [0, 0.1) is 5.92 Å². The summed E-state index contributed by atoms with van der Waals surface area (Å²) in [5.74, 6) is 0.418. The molecule has 0 amide bonds. The van der Waals surface area contributed by atoms with Crippen molar-refractivity contribution < 1.29 is 4.74 Å². The fourth-order valence-corrected chi connectivity index (χ4v) is 3.69. The van der Waals surface area contributed by atoms with Crippen molar-refractivity contribution in [3.05, 3.63) is 19.8 Å². The Hall–Kier alpha value is 0.390. The highest BCUT2D eigenvalue weighted by Crippen LogP contribution is 2.38. The van der Waals surface area contributed by atoms with E-state index in [9.17, 15) is 0 Å². The van der Waals surface area contributed by atoms with E-state index >= 15 is 0 Å². The molecule has 5 heteroatoms. The SMILES string of the molecule is CC1CC(C(N)c2cc(Br)c(Cl)s2)CO1. The van der Waals surface area contributed by atoms with E-state index in [-0.39, 0.29) is 6.04 Å². The third-order valence-electron chi connectivity index (χ3n) is 2.73. The monoisotopic (exact) mass is 309 g/mol. The molecule has 0 aliphatic carbocycles. The lowest BCUT2D eigenvalue weighted by molar-refractivity contribution is 0.118. The molecule has 84 valence electrons. The van der Waals surface area contributed by atoms with Crippen LogP contribution in [-0.4, -0.2) is 12.7 Å². The zero-order chi connectivity index (χ0) is 11.0. The normalized spacial score (nSPS) is 28.3. The van der Waals surface area contributed by atoms with Gasteiger partial charge in [-0.15, -0.1) is 11.3 Å². The van der Waals surface area contributed by atoms with Gasteiger partial charge >= 0.3 is 0 Å². The third kappa shape index (κ3) is 2.56. The number of nitrogens with two attached hydrogens (primary N) is 1. The molecule has 0 spiro atoms. The highest BCUT2D eigenvalue weighted by molar-refractivity contribution is 9.10. The lowest BCUT2D eigenvalue weighted by Crippen LogP contribution is -2.20. The van der Waals surface area contributed by atoms with Crippen LogP contribution in [0.3, 0.4) is 0 Å². The molecule has 0 bridgehead atoms. The summed E-state index contributed by atoms with van der Waals surface area (Å²) >= 11 is 10.9. The predicted molar refractivity (Wildman–Crippen MR) is 67.5 cm³/mol. The maximum absolute atomic E-state index is 6.20. The number of hydrogen-bond acceptors (Lipinski definition) is 3. The molecule has 3 atom stereocenters. The number of rotatable bonds is 2. The van der Waals surface area contributed by atoms with E-state index in [0.717, 1.165) is 26.7 Å². The van der Waals surface area contributed by atoms with Gasteiger partial charge < -0.3 is 10.5 Å². The van der Waals surface area contributed by atoms with Gasteiger partial charge in [-0.2, -0.15) is 0 Å². The number of hydrogen-bond donors (Lipinski definition) is 1. The molecule has 3 unspecified atom stereocenters. The van der Waals surface area contributed by atoms with Gasteiger partial charge in [0.2, 0.25) is 0 Å². The van der Waals surface area contributed by atoms with Crippen molar-refractivity contribution in [3.8, 4) is 0 Å². The van der Waals surface area contributed by atoms with Crippen LogP contribution in [0.25, 0.3) is 0 Å². The van der Waals surface area contributed by atoms with E-state index in [0.29, 0.717) is 12.0 Å². The molecule has 1 aliphatic heterocycles. The number of thiophene rings is 1. The Balaban J connectivity index is 2.10. The fourth-order valence-electron chi connectivity index (χ4n) is 1.86. The second kappa shape index (κ2) is 4.72. The minimum absolute atomic E-state index is 0.0451. The molecule has 2 nitrogen and oxygen atoms in total. The minimum Gasteiger partial charge on any atom is -0.378 e. The summed E-state index contributed by atoms with van der Waals surface area (Å²) in [5.41, 5.74) is 6.20. The number of ether oxygens (including phenoxy) is 1. The summed E-state index contributed by atoms with van der Waals surface area (Å²) in [6.45, 7) is 2.85. The van der Waals surface area contributed by atoms with Crippen molar-refractivity contribution in [1.29, 1.82) is 0 Å². The quantitative estimate of drug-likeness (QED) is 0.906. The zero-order valence-electron chi connectivity index (χ0n) is 8.37. The standard InChI is InChI=1S/C10H13BrClNOS/c1-5-2-6(4-14-5)9(13)8-3-7(11)10(12)15-8/h3,5-6,9H,2,4,13H2,1H3. The second-order valence-corrected chi connectivity index (χ2v) is 6.48. The molecular formula is C10H13BrClNOS. The molecule has 0 saturated carbocycles. The van der Waals surface area contributed by atoms with Gasteiger partial charge in [0.25, 0.3) is 0 Å². The predicted octanol–water partition coefficient (Wildman–Crippen LogP) is 3.59. The molecule has 15 heavy (non-hydrogen) atoms. The first-order valence-corrected chi connectivity index (χ1v) is 6.88. The Bertz CT molecular complexity index is 338. The third-order valence-corrected chi connectivity index (χ3v) is 5.31. The van der Waals surface area contributed by atoms with Crippen LogP contribution in [0.15, 0.2) is 10.5 Å². The van der Waals surface area contributed by atoms with E-state index in [1.807, 2.05) is 6.07 Å². The Morgan fingerprint density at radius 3 is 2.93 bits per heavy atom. The van der Waals surface area contributed by atoms with Crippen LogP contribution in [0.1, 0.15) is 24.3 Å². The summed E-state index contributed by atoms with van der Waals surface area (Å²) < 4.78 is 7.23. The van der Waals surface area contributed by atoms with E-state index in [1.54, 1.807) is 11.3 Å². The molecule has 2 rings (SSSR count). The van der Waals surface area contributed by atoms with Gasteiger partial charge in [0, 0.05) is 21.3 Å². The van der Waals surface area contributed by atoms with E-state index in [1.165, 1.54) is 0 Å². The summed E-state index contributed by atoms with van der Waals surface area (Å²) in [6.07, 6.45) is 1.37. The Labute approximate surface area is 107 Å². The molecule has 2 N–H and O–H groups in total. The van der Waals surface area contributed by atoms with Crippen LogP contribution in [-0.2, 0) is 4.74 Å². The topological polar surface area (TPSA) is 35.2 Å². The van der Waals surface area contributed by atoms with E-state index in [2.05, 4.69) is 22.9 Å². The van der Waals surface area contributed by atoms with Crippen molar-refractivity contribution in [1.82, 2.24) is 0 Å². The average Bonchev–Trinajstić information content (AvgIpc) is 2.74. The Morgan fingerprint density at radius 1 is 1.73 bits per heavy atom. The highest BCUT2D eigenvalue weighted by Gasteiger charge is 2.29. The lowest BCUT2D eigenvalue weighted by atomic mass is 9.97. The molecule has 1 fully saturated rings. The molecule has 1 saturated heterocycles. The fraction of sp³-hybridized carbons (Fsp3) is 0.600. The van der Waals surface area contributed by atoms with Crippen molar-refractivity contribution in [2.24, 2.45) is 11.7 Å². The van der Waals surface area contributed by atoms with Crippen molar-refractivity contribution in [3.63, 3.8) is 0 Å². The average molecular weight is 311 g/mol. The molecule has 0 aromatic carbocycles. The van der Waals surface area contributed by atoms with Crippen LogP contribution in [0.4, 0.5) is 0 Å². The van der Waals surface area contributed by atoms with Crippen molar-refractivity contribution in [2.75, 3.05) is 6.61 Å². The summed E-state index contributed by atoms with van der Waals surface area (Å²) in [5, 5.41) is 0. The zero-order valence-corrected chi connectivity index (χ0v) is 11.5. The molecule has 1 aliphatic rings. The second-order valence-electron chi connectivity index (χ2n) is 3.94. The number of halogens is 2. The van der Waals surface area contributed by atoms with Gasteiger partial charge in [-0.05, 0) is 35.3 Å². The Morgan fingerprint density at radius 2 is 2.47 bits per heavy atom. The Kier molecular flexibility index (Phi) is 3.73. The smallest absolute Gasteiger partial charge is 0.107 e. The van der Waals surface area contributed by atoms with Gasteiger partial charge in [0.15, 0.2) is 0 Å². The van der Waals surface area contributed by atoms with Gasteiger partial charge in [-0.1, -0.05) is 11.6 Å². The maximum Gasteiger partial charge on any atom is 0.107 e. The van der Waals surface area contributed by atoms with E-state index in [4.69, 9.17) is 22.1 Å². The van der Waals surface area contributed by atoms with Gasteiger partial charge in [-0.3, -0.25) is 0 Å². The first kappa shape index (κ1) is 11.9. The molecule has 2 heterocycles. The first-order valence-electron chi connectivity index (χ1n) is 4.90. The summed E-state index contributed by atoms with van der Waals surface area (Å²) in [6, 6.07) is 2.06. The van der Waals surface area contributed by atoms with Gasteiger partial charge in [0.1, 0.15) is 4.34 Å². The highest BCUT2D eigenvalue weighted by atomic mass is 79.9.